The summed E-state index contributed by atoms with van der Waals surface area (Å²) in [5.74, 6) is 0. The van der Waals surface area contributed by atoms with Crippen molar-refractivity contribution in [2.45, 2.75) is 20.8 Å². The predicted molar refractivity (Wildman–Crippen MR) is 69.0 cm³/mol. The molecule has 0 bridgehead atoms. The van der Waals surface area contributed by atoms with Crippen LogP contribution in [0.5, 0.6) is 0 Å². The van der Waals surface area contributed by atoms with Crippen molar-refractivity contribution in [1.82, 2.24) is 4.57 Å². The Hall–Kier alpha value is -1.50. The minimum absolute atomic E-state index is 1.22. The van der Waals surface area contributed by atoms with Crippen molar-refractivity contribution in [1.29, 1.82) is 0 Å². The molecule has 1 aromatic rings. The molecule has 1 nitrogen and oxygen atoms in total. The van der Waals surface area contributed by atoms with E-state index in [1.807, 2.05) is 6.08 Å². The van der Waals surface area contributed by atoms with E-state index in [4.69, 9.17) is 0 Å². The molecule has 0 aromatic carbocycles. The van der Waals surface area contributed by atoms with Gasteiger partial charge in [0.25, 0.3) is 0 Å². The van der Waals surface area contributed by atoms with Crippen LogP contribution in [0, 0.1) is 0 Å². The molecule has 0 amide bonds. The standard InChI is InChI=1S/C14H19N/c1-6-10-14-12(8-3)11(7-2)13(9-4)15(14)5/h6-10H,1H2,2-5H3/b11-7-,12-8-,13-9+,14-10+. The van der Waals surface area contributed by atoms with Crippen LogP contribution in [0.2, 0.25) is 0 Å². The second-order valence-electron chi connectivity index (χ2n) is 3.43. The summed E-state index contributed by atoms with van der Waals surface area (Å²) in [5, 5.41) is 5.07. The van der Waals surface area contributed by atoms with Crippen LogP contribution in [0.3, 0.4) is 0 Å². The number of hydrogen-bond donors (Lipinski definition) is 0. The maximum atomic E-state index is 3.76. The van der Waals surface area contributed by atoms with Gasteiger partial charge >= 0.3 is 0 Å². The predicted octanol–water partition coefficient (Wildman–Crippen LogP) is 0.393. The van der Waals surface area contributed by atoms with Gasteiger partial charge in [-0.2, -0.15) is 0 Å². The summed E-state index contributed by atoms with van der Waals surface area (Å²) in [6, 6.07) is 0. The van der Waals surface area contributed by atoms with Gasteiger partial charge in [-0.15, -0.1) is 0 Å². The molecule has 1 heteroatoms. The molecule has 0 saturated heterocycles. The SMILES string of the molecule is C=C\C=c1c(=C\C)/c(=C/C)c(=C\C)/n/1C. The van der Waals surface area contributed by atoms with Crippen LogP contribution < -0.4 is 21.1 Å². The molecule has 0 fully saturated rings. The Labute approximate surface area is 91.1 Å². The zero-order valence-corrected chi connectivity index (χ0v) is 10.0. The Bertz CT molecular complexity index is 583. The lowest BCUT2D eigenvalue weighted by Crippen LogP contribution is -2.36. The quantitative estimate of drug-likeness (QED) is 0.619. The van der Waals surface area contributed by atoms with E-state index in [0.29, 0.717) is 0 Å². The third-order valence-corrected chi connectivity index (χ3v) is 2.69. The zero-order chi connectivity index (χ0) is 11.4. The van der Waals surface area contributed by atoms with Crippen LogP contribution in [0.4, 0.5) is 0 Å². The van der Waals surface area contributed by atoms with Gasteiger partial charge in [-0.25, -0.2) is 0 Å². The van der Waals surface area contributed by atoms with Crippen molar-refractivity contribution in [2.75, 3.05) is 0 Å². The summed E-state index contributed by atoms with van der Waals surface area (Å²) in [5.41, 5.74) is 0. The zero-order valence-electron chi connectivity index (χ0n) is 10.0. The molecule has 0 aliphatic carbocycles. The Kier molecular flexibility index (Phi) is 3.73. The minimum atomic E-state index is 1.22. The first-order chi connectivity index (χ1) is 7.21. The number of rotatable bonds is 1. The van der Waals surface area contributed by atoms with Gasteiger partial charge in [0, 0.05) is 28.2 Å². The summed E-state index contributed by atoms with van der Waals surface area (Å²) in [6.07, 6.45) is 10.3. The van der Waals surface area contributed by atoms with E-state index in [2.05, 4.69) is 63.3 Å². The molecule has 0 saturated carbocycles. The molecule has 0 atom stereocenters. The molecule has 0 unspecified atom stereocenters. The van der Waals surface area contributed by atoms with Gasteiger partial charge in [0.1, 0.15) is 0 Å². The molecule has 0 radical (unpaired) electrons. The lowest BCUT2D eigenvalue weighted by molar-refractivity contribution is 0.854. The second kappa shape index (κ2) is 4.83. The maximum Gasteiger partial charge on any atom is 0.0484 e. The van der Waals surface area contributed by atoms with Crippen LogP contribution in [-0.2, 0) is 7.05 Å². The van der Waals surface area contributed by atoms with Crippen LogP contribution in [0.25, 0.3) is 24.3 Å². The van der Waals surface area contributed by atoms with Crippen molar-refractivity contribution >= 4 is 24.3 Å². The number of allylic oxidation sites excluding steroid dienone is 1. The molecular formula is C14H19N. The van der Waals surface area contributed by atoms with Gasteiger partial charge in [0.15, 0.2) is 0 Å². The normalized spacial score (nSPS) is 16.5. The Morgan fingerprint density at radius 2 is 1.47 bits per heavy atom. The Balaban J connectivity index is 4.14. The van der Waals surface area contributed by atoms with Crippen molar-refractivity contribution in [3.63, 3.8) is 0 Å². The van der Waals surface area contributed by atoms with E-state index in [0.717, 1.165) is 0 Å². The molecule has 0 N–H and O–H groups in total. The summed E-state index contributed by atoms with van der Waals surface area (Å²) < 4.78 is 2.20. The fraction of sp³-hybridized carbons (Fsp3) is 0.286. The van der Waals surface area contributed by atoms with Crippen LogP contribution in [-0.4, -0.2) is 4.57 Å². The molecular weight excluding hydrogens is 182 g/mol. The van der Waals surface area contributed by atoms with Crippen molar-refractivity contribution in [2.24, 2.45) is 7.05 Å². The number of aromatic nitrogens is 1. The van der Waals surface area contributed by atoms with Crippen LogP contribution in [0.1, 0.15) is 20.8 Å². The van der Waals surface area contributed by atoms with Gasteiger partial charge in [-0.3, -0.25) is 0 Å². The molecule has 1 heterocycles. The smallest absolute Gasteiger partial charge is 0.0484 e. The van der Waals surface area contributed by atoms with Crippen LogP contribution >= 0.6 is 0 Å². The molecule has 80 valence electrons. The molecule has 0 spiro atoms. The van der Waals surface area contributed by atoms with Crippen molar-refractivity contribution in [3.05, 3.63) is 33.8 Å². The van der Waals surface area contributed by atoms with Gasteiger partial charge < -0.3 is 4.57 Å². The fourth-order valence-electron chi connectivity index (χ4n) is 2.04. The first-order valence-electron chi connectivity index (χ1n) is 5.27. The van der Waals surface area contributed by atoms with Gasteiger partial charge in [0.05, 0.1) is 0 Å². The highest BCUT2D eigenvalue weighted by Crippen LogP contribution is 1.66. The highest BCUT2D eigenvalue weighted by Gasteiger charge is 1.96. The summed E-state index contributed by atoms with van der Waals surface area (Å²) in [4.78, 5) is 0. The molecule has 0 aliphatic heterocycles. The van der Waals surface area contributed by atoms with Gasteiger partial charge in [-0.1, -0.05) is 30.9 Å². The molecule has 1 rings (SSSR count). The lowest BCUT2D eigenvalue weighted by atomic mass is 10.3. The topological polar surface area (TPSA) is 4.93 Å². The summed E-state index contributed by atoms with van der Waals surface area (Å²) in [7, 11) is 2.09. The van der Waals surface area contributed by atoms with Crippen molar-refractivity contribution < 1.29 is 0 Å². The first kappa shape index (κ1) is 11.6. The second-order valence-corrected chi connectivity index (χ2v) is 3.43. The fourth-order valence-corrected chi connectivity index (χ4v) is 2.04. The summed E-state index contributed by atoms with van der Waals surface area (Å²) in [6.45, 7) is 9.98. The van der Waals surface area contributed by atoms with Gasteiger partial charge in [-0.05, 0) is 26.8 Å². The number of nitrogens with zero attached hydrogens (tertiary/aromatic N) is 1. The van der Waals surface area contributed by atoms with E-state index < -0.39 is 0 Å². The summed E-state index contributed by atoms with van der Waals surface area (Å²) >= 11 is 0. The number of hydrogen-bond acceptors (Lipinski definition) is 0. The average Bonchev–Trinajstić information content (AvgIpc) is 2.51. The maximum absolute atomic E-state index is 3.76. The van der Waals surface area contributed by atoms with E-state index in [-0.39, 0.29) is 0 Å². The van der Waals surface area contributed by atoms with E-state index >= 15 is 0 Å². The van der Waals surface area contributed by atoms with Crippen LogP contribution in [0.15, 0.2) is 12.7 Å². The van der Waals surface area contributed by atoms with E-state index in [9.17, 15) is 0 Å². The van der Waals surface area contributed by atoms with Gasteiger partial charge in [0.2, 0.25) is 0 Å². The Morgan fingerprint density at radius 1 is 0.933 bits per heavy atom. The molecule has 0 aliphatic rings. The average molecular weight is 201 g/mol. The Morgan fingerprint density at radius 3 is 1.87 bits per heavy atom. The highest BCUT2D eigenvalue weighted by atomic mass is 14.9. The molecule has 15 heavy (non-hydrogen) atoms. The highest BCUT2D eigenvalue weighted by molar-refractivity contribution is 5.40. The third-order valence-electron chi connectivity index (χ3n) is 2.69. The largest absolute Gasteiger partial charge is 0.344 e. The van der Waals surface area contributed by atoms with E-state index in [1.54, 1.807) is 0 Å². The lowest BCUT2D eigenvalue weighted by Gasteiger charge is -1.91. The first-order valence-corrected chi connectivity index (χ1v) is 5.27. The third kappa shape index (κ3) is 1.82. The molecule has 1 aromatic heterocycles. The monoisotopic (exact) mass is 201 g/mol. The van der Waals surface area contributed by atoms with E-state index in [1.165, 1.54) is 21.1 Å². The minimum Gasteiger partial charge on any atom is -0.344 e. The van der Waals surface area contributed by atoms with Crippen molar-refractivity contribution in [3.8, 4) is 0 Å².